The number of benzene rings is 1. The molecule has 1 aromatic carbocycles. The standard InChI is InChI=1S/C23H32N10O2/c24-21(25)29-8-6-18(11-30-22(26)27)35-13-14-1-3-17(4-2-14)33-12-16-9-19(15-5-7-28-10-15)31-20(16)32-23(33)34/h1-4,9,12,15,18,28H,5-8,10-11,13H2,(H4,24,25,29)(H4,26,27,30)(H,31,32,34)/t15-,18-/m1/s1. The van der Waals surface area contributed by atoms with E-state index in [1.165, 1.54) is 0 Å². The summed E-state index contributed by atoms with van der Waals surface area (Å²) in [4.78, 5) is 28.2. The number of H-pyrrole nitrogens is 1. The minimum absolute atomic E-state index is 0.00438. The largest absolute Gasteiger partial charge is 0.372 e. The molecule has 12 nitrogen and oxygen atoms in total. The van der Waals surface area contributed by atoms with Crippen molar-refractivity contribution in [3.8, 4) is 5.69 Å². The zero-order valence-electron chi connectivity index (χ0n) is 19.5. The fourth-order valence-electron chi connectivity index (χ4n) is 4.08. The molecule has 0 spiro atoms. The first-order valence-electron chi connectivity index (χ1n) is 11.5. The lowest BCUT2D eigenvalue weighted by atomic mass is 10.1. The average Bonchev–Trinajstić information content (AvgIpc) is 3.50. The second-order valence-corrected chi connectivity index (χ2v) is 8.57. The number of ether oxygens (including phenoxy) is 1. The van der Waals surface area contributed by atoms with Gasteiger partial charge in [0.25, 0.3) is 0 Å². The molecule has 0 aliphatic carbocycles. The van der Waals surface area contributed by atoms with E-state index in [-0.39, 0.29) is 23.7 Å². The van der Waals surface area contributed by atoms with Crippen molar-refractivity contribution in [1.29, 1.82) is 0 Å². The Balaban J connectivity index is 1.44. The van der Waals surface area contributed by atoms with Crippen LogP contribution in [0.5, 0.6) is 0 Å². The number of aromatic amines is 1. The third-order valence-corrected chi connectivity index (χ3v) is 5.95. The Hall–Kier alpha value is -3.90. The van der Waals surface area contributed by atoms with Crippen LogP contribution in [0.4, 0.5) is 0 Å². The highest BCUT2D eigenvalue weighted by molar-refractivity contribution is 5.76. The molecule has 1 aliphatic rings. The number of aliphatic imine (C=N–C) groups is 2. The zero-order valence-corrected chi connectivity index (χ0v) is 19.5. The lowest BCUT2D eigenvalue weighted by molar-refractivity contribution is 0.0429. The number of nitrogens with two attached hydrogens (primary N) is 4. The maximum Gasteiger partial charge on any atom is 0.354 e. The van der Waals surface area contributed by atoms with E-state index in [1.807, 2.05) is 30.5 Å². The van der Waals surface area contributed by atoms with Crippen molar-refractivity contribution in [3.63, 3.8) is 0 Å². The minimum atomic E-state index is -0.337. The van der Waals surface area contributed by atoms with Crippen molar-refractivity contribution < 1.29 is 4.74 Å². The molecule has 3 aromatic rings. The van der Waals surface area contributed by atoms with Gasteiger partial charge in [-0.25, -0.2) is 4.79 Å². The van der Waals surface area contributed by atoms with Gasteiger partial charge in [0.05, 0.1) is 24.9 Å². The Kier molecular flexibility index (Phi) is 7.63. The van der Waals surface area contributed by atoms with E-state index in [4.69, 9.17) is 27.7 Å². The van der Waals surface area contributed by atoms with Gasteiger partial charge in [-0.15, -0.1) is 0 Å². The van der Waals surface area contributed by atoms with Gasteiger partial charge in [0.15, 0.2) is 11.9 Å². The predicted octanol–water partition coefficient (Wildman–Crippen LogP) is -0.387. The normalized spacial score (nSPS) is 16.3. The zero-order chi connectivity index (χ0) is 24.8. The van der Waals surface area contributed by atoms with Crippen LogP contribution in [0, 0.1) is 0 Å². The van der Waals surface area contributed by atoms with Crippen molar-refractivity contribution in [3.05, 3.63) is 58.3 Å². The van der Waals surface area contributed by atoms with Gasteiger partial charge < -0.3 is 38.0 Å². The molecule has 35 heavy (non-hydrogen) atoms. The first-order chi connectivity index (χ1) is 16.9. The van der Waals surface area contributed by atoms with Crippen LogP contribution in [-0.4, -0.2) is 58.7 Å². The Morgan fingerprint density at radius 2 is 1.94 bits per heavy atom. The van der Waals surface area contributed by atoms with E-state index in [1.54, 1.807) is 4.57 Å². The van der Waals surface area contributed by atoms with Gasteiger partial charge >= 0.3 is 5.69 Å². The van der Waals surface area contributed by atoms with Crippen molar-refractivity contribution >= 4 is 23.0 Å². The third-order valence-electron chi connectivity index (χ3n) is 5.95. The van der Waals surface area contributed by atoms with Crippen LogP contribution in [0.15, 0.2) is 51.3 Å². The predicted molar refractivity (Wildman–Crippen MR) is 136 cm³/mol. The van der Waals surface area contributed by atoms with E-state index in [2.05, 4.69) is 31.3 Å². The second kappa shape index (κ2) is 11.0. The first kappa shape index (κ1) is 24.2. The summed E-state index contributed by atoms with van der Waals surface area (Å²) in [7, 11) is 0. The van der Waals surface area contributed by atoms with Crippen molar-refractivity contribution in [2.75, 3.05) is 26.2 Å². The number of rotatable bonds is 10. The van der Waals surface area contributed by atoms with Crippen molar-refractivity contribution in [2.24, 2.45) is 32.9 Å². The lowest BCUT2D eigenvalue weighted by Crippen LogP contribution is -2.27. The monoisotopic (exact) mass is 480 g/mol. The SMILES string of the molecule is NC(N)=NCC[C@H](CN=C(N)N)OCc1ccc(-n2cc3cc([C@@H]4CCNC4)[nH]c3nc2=O)cc1. The Bertz CT molecular complexity index is 1250. The summed E-state index contributed by atoms with van der Waals surface area (Å²) in [5.74, 6) is 0.438. The lowest BCUT2D eigenvalue weighted by Gasteiger charge is -2.15. The van der Waals surface area contributed by atoms with E-state index in [0.29, 0.717) is 37.7 Å². The van der Waals surface area contributed by atoms with Gasteiger partial charge in [-0.3, -0.25) is 14.6 Å². The van der Waals surface area contributed by atoms with Crippen LogP contribution < -0.4 is 33.9 Å². The van der Waals surface area contributed by atoms with Gasteiger partial charge in [-0.2, -0.15) is 4.98 Å². The molecule has 1 saturated heterocycles. The van der Waals surface area contributed by atoms with Gasteiger partial charge in [0.2, 0.25) is 0 Å². The van der Waals surface area contributed by atoms with Crippen LogP contribution in [0.1, 0.15) is 30.0 Å². The molecule has 12 heteroatoms. The van der Waals surface area contributed by atoms with Crippen LogP contribution >= 0.6 is 0 Å². The molecule has 0 unspecified atom stereocenters. The number of hydrogen-bond acceptors (Lipinski definition) is 6. The van der Waals surface area contributed by atoms with Crippen LogP contribution in [0.2, 0.25) is 0 Å². The minimum Gasteiger partial charge on any atom is -0.372 e. The Morgan fingerprint density at radius 3 is 2.63 bits per heavy atom. The molecule has 0 amide bonds. The maximum atomic E-state index is 12.7. The summed E-state index contributed by atoms with van der Waals surface area (Å²) in [5.41, 5.74) is 24.7. The molecule has 1 aliphatic heterocycles. The molecule has 0 saturated carbocycles. The summed E-state index contributed by atoms with van der Waals surface area (Å²) in [6.07, 6.45) is 3.20. The highest BCUT2D eigenvalue weighted by Gasteiger charge is 2.19. The molecule has 0 bridgehead atoms. The molecule has 4 rings (SSSR count). The molecule has 3 heterocycles. The number of guanidine groups is 2. The number of hydrogen-bond donors (Lipinski definition) is 6. The molecule has 1 fully saturated rings. The average molecular weight is 481 g/mol. The summed E-state index contributed by atoms with van der Waals surface area (Å²) < 4.78 is 7.53. The highest BCUT2D eigenvalue weighted by Crippen LogP contribution is 2.24. The summed E-state index contributed by atoms with van der Waals surface area (Å²) in [6, 6.07) is 9.63. The fraction of sp³-hybridized carbons (Fsp3) is 0.391. The van der Waals surface area contributed by atoms with Crippen LogP contribution in [0.25, 0.3) is 16.7 Å². The fourth-order valence-corrected chi connectivity index (χ4v) is 4.08. The van der Waals surface area contributed by atoms with Gasteiger partial charge in [0.1, 0.15) is 5.65 Å². The van der Waals surface area contributed by atoms with Crippen LogP contribution in [0.3, 0.4) is 0 Å². The molecular weight excluding hydrogens is 448 g/mol. The summed E-state index contributed by atoms with van der Waals surface area (Å²) >= 11 is 0. The topological polar surface area (TPSA) is 201 Å². The highest BCUT2D eigenvalue weighted by atomic mass is 16.5. The second-order valence-electron chi connectivity index (χ2n) is 8.57. The van der Waals surface area contributed by atoms with Crippen molar-refractivity contribution in [1.82, 2.24) is 19.9 Å². The Morgan fingerprint density at radius 1 is 1.17 bits per heavy atom. The van der Waals surface area contributed by atoms with Gasteiger partial charge in [-0.1, -0.05) is 12.1 Å². The molecule has 2 atom stereocenters. The molecule has 0 radical (unpaired) electrons. The van der Waals surface area contributed by atoms with Gasteiger partial charge in [-0.05, 0) is 43.1 Å². The number of aromatic nitrogens is 3. The molecule has 2 aromatic heterocycles. The third kappa shape index (κ3) is 6.37. The molecule has 10 N–H and O–H groups in total. The molecular formula is C23H32N10O2. The number of nitrogens with zero attached hydrogens (tertiary/aromatic N) is 4. The van der Waals surface area contributed by atoms with E-state index >= 15 is 0 Å². The summed E-state index contributed by atoms with van der Waals surface area (Å²) in [5, 5.41) is 4.27. The number of nitrogens with one attached hydrogen (secondary N) is 2. The molecule has 186 valence electrons. The Labute approximate surface area is 202 Å². The van der Waals surface area contributed by atoms with E-state index in [9.17, 15) is 4.79 Å². The smallest absolute Gasteiger partial charge is 0.354 e. The quantitative estimate of drug-likeness (QED) is 0.166. The number of fused-ring (bicyclic) bond motifs is 1. The van der Waals surface area contributed by atoms with E-state index in [0.717, 1.165) is 41.8 Å². The first-order valence-corrected chi connectivity index (χ1v) is 11.5. The maximum absolute atomic E-state index is 12.7. The van der Waals surface area contributed by atoms with Crippen LogP contribution in [-0.2, 0) is 11.3 Å². The summed E-state index contributed by atoms with van der Waals surface area (Å²) in [6.45, 7) is 2.98. The van der Waals surface area contributed by atoms with Gasteiger partial charge in [0, 0.05) is 36.3 Å². The van der Waals surface area contributed by atoms with Crippen molar-refractivity contribution in [2.45, 2.75) is 31.5 Å². The van der Waals surface area contributed by atoms with E-state index < -0.39 is 0 Å².